The van der Waals surface area contributed by atoms with Crippen LogP contribution in [0.3, 0.4) is 0 Å². The summed E-state index contributed by atoms with van der Waals surface area (Å²) >= 11 is 1.90. The van der Waals surface area contributed by atoms with Gasteiger partial charge in [0.05, 0.1) is 5.39 Å². The minimum atomic E-state index is 0.297. The van der Waals surface area contributed by atoms with Gasteiger partial charge in [0.1, 0.15) is 16.5 Å². The zero-order valence-corrected chi connectivity index (χ0v) is 19.0. The third-order valence-corrected chi connectivity index (χ3v) is 7.48. The van der Waals surface area contributed by atoms with Crippen molar-refractivity contribution in [3.05, 3.63) is 16.3 Å². The maximum absolute atomic E-state index is 12.3. The summed E-state index contributed by atoms with van der Waals surface area (Å²) < 4.78 is 0. The lowest BCUT2D eigenvalue weighted by Gasteiger charge is -2.36. The fourth-order valence-corrected chi connectivity index (χ4v) is 5.98. The average Bonchev–Trinajstić information content (AvgIpc) is 3.09. The largest absolute Gasteiger partial charge is 0.352 e. The maximum Gasteiger partial charge on any atom is 0.222 e. The molecule has 6 heteroatoms. The predicted octanol–water partition coefficient (Wildman–Crippen LogP) is 4.61. The Morgan fingerprint density at radius 2 is 1.93 bits per heavy atom. The minimum absolute atomic E-state index is 0.297. The Morgan fingerprint density at radius 1 is 1.14 bits per heavy atom. The van der Waals surface area contributed by atoms with Gasteiger partial charge in [-0.1, -0.05) is 27.2 Å². The highest BCUT2D eigenvalue weighted by Gasteiger charge is 2.28. The third kappa shape index (κ3) is 4.27. The standard InChI is InChI=1S/C23H34N4OS/c1-4-6-8-19-24-22(27-13-11-26(12-14-27)20(28)7-5-2)21-17-10-9-16(3)15-18(17)29-23(21)25-19/h16H,4-15H2,1-3H3/t16-/m1/s1. The van der Waals surface area contributed by atoms with Gasteiger partial charge in [-0.05, 0) is 43.6 Å². The zero-order valence-electron chi connectivity index (χ0n) is 18.2. The number of amides is 1. The van der Waals surface area contributed by atoms with Gasteiger partial charge in [0, 0.05) is 43.9 Å². The molecular formula is C23H34N4OS. The van der Waals surface area contributed by atoms with E-state index in [-0.39, 0.29) is 0 Å². The molecule has 1 aliphatic carbocycles. The Labute approximate surface area is 178 Å². The van der Waals surface area contributed by atoms with E-state index >= 15 is 0 Å². The smallest absolute Gasteiger partial charge is 0.222 e. The van der Waals surface area contributed by atoms with E-state index < -0.39 is 0 Å². The summed E-state index contributed by atoms with van der Waals surface area (Å²) in [5, 5.41) is 1.31. The van der Waals surface area contributed by atoms with Crippen LogP contribution in [0.15, 0.2) is 0 Å². The lowest BCUT2D eigenvalue weighted by molar-refractivity contribution is -0.131. The van der Waals surface area contributed by atoms with E-state index in [9.17, 15) is 4.79 Å². The molecule has 0 unspecified atom stereocenters. The Morgan fingerprint density at radius 3 is 2.66 bits per heavy atom. The van der Waals surface area contributed by atoms with Gasteiger partial charge < -0.3 is 9.80 Å². The van der Waals surface area contributed by atoms with Crippen LogP contribution >= 0.6 is 11.3 Å². The molecule has 158 valence electrons. The lowest BCUT2D eigenvalue weighted by Crippen LogP contribution is -2.49. The molecule has 3 heterocycles. The zero-order chi connectivity index (χ0) is 20.4. The monoisotopic (exact) mass is 414 g/mol. The number of unbranched alkanes of at least 4 members (excludes halogenated alkanes) is 1. The number of rotatable bonds is 6. The van der Waals surface area contributed by atoms with Gasteiger partial charge in [-0.2, -0.15) is 0 Å². The quantitative estimate of drug-likeness (QED) is 0.693. The summed E-state index contributed by atoms with van der Waals surface area (Å²) in [6, 6.07) is 0. The van der Waals surface area contributed by atoms with Crippen molar-refractivity contribution in [1.82, 2.24) is 14.9 Å². The highest BCUT2D eigenvalue weighted by molar-refractivity contribution is 7.19. The van der Waals surface area contributed by atoms with Gasteiger partial charge in [0.2, 0.25) is 5.91 Å². The molecule has 2 aromatic rings. The van der Waals surface area contributed by atoms with Crippen LogP contribution in [0.1, 0.15) is 69.1 Å². The van der Waals surface area contributed by atoms with E-state index in [1.807, 2.05) is 16.2 Å². The van der Waals surface area contributed by atoms with Crippen molar-refractivity contribution in [1.29, 1.82) is 0 Å². The van der Waals surface area contributed by atoms with Crippen LogP contribution in [0.4, 0.5) is 5.82 Å². The van der Waals surface area contributed by atoms with Crippen LogP contribution in [-0.2, 0) is 24.1 Å². The summed E-state index contributed by atoms with van der Waals surface area (Å²) in [4.78, 5) is 29.5. The van der Waals surface area contributed by atoms with Gasteiger partial charge in [0.25, 0.3) is 0 Å². The molecule has 1 aliphatic heterocycles. The molecule has 4 rings (SSSR count). The Kier molecular flexibility index (Phi) is 6.38. The van der Waals surface area contributed by atoms with Crippen molar-refractivity contribution >= 4 is 33.3 Å². The Bertz CT molecular complexity index is 869. The topological polar surface area (TPSA) is 49.3 Å². The number of hydrogen-bond acceptors (Lipinski definition) is 5. The first-order chi connectivity index (χ1) is 14.1. The molecule has 0 saturated carbocycles. The maximum atomic E-state index is 12.3. The van der Waals surface area contributed by atoms with Crippen LogP contribution in [0.2, 0.25) is 0 Å². The average molecular weight is 415 g/mol. The van der Waals surface area contributed by atoms with E-state index in [1.165, 1.54) is 33.5 Å². The molecule has 0 radical (unpaired) electrons. The molecule has 0 aromatic carbocycles. The van der Waals surface area contributed by atoms with Gasteiger partial charge in [-0.15, -0.1) is 11.3 Å². The van der Waals surface area contributed by atoms with Crippen molar-refractivity contribution in [2.75, 3.05) is 31.1 Å². The van der Waals surface area contributed by atoms with Gasteiger partial charge in [-0.25, -0.2) is 9.97 Å². The van der Waals surface area contributed by atoms with Crippen molar-refractivity contribution in [2.24, 2.45) is 5.92 Å². The van der Waals surface area contributed by atoms with E-state index in [2.05, 4.69) is 25.7 Å². The first-order valence-electron chi connectivity index (χ1n) is 11.4. The van der Waals surface area contributed by atoms with E-state index in [0.717, 1.165) is 75.8 Å². The van der Waals surface area contributed by atoms with Crippen LogP contribution in [0.5, 0.6) is 0 Å². The second-order valence-electron chi connectivity index (χ2n) is 8.72. The number of carbonyl (C=O) groups excluding carboxylic acids is 1. The molecule has 5 nitrogen and oxygen atoms in total. The molecule has 29 heavy (non-hydrogen) atoms. The first kappa shape index (κ1) is 20.6. The van der Waals surface area contributed by atoms with E-state index in [1.54, 1.807) is 0 Å². The number of aromatic nitrogens is 2. The molecule has 1 amide bonds. The number of piperazine rings is 1. The normalized spacial score (nSPS) is 19.6. The third-order valence-electron chi connectivity index (χ3n) is 6.33. The summed E-state index contributed by atoms with van der Waals surface area (Å²) in [7, 11) is 0. The van der Waals surface area contributed by atoms with Crippen molar-refractivity contribution < 1.29 is 4.79 Å². The number of fused-ring (bicyclic) bond motifs is 3. The predicted molar refractivity (Wildman–Crippen MR) is 121 cm³/mol. The van der Waals surface area contributed by atoms with Crippen molar-refractivity contribution in [2.45, 2.75) is 72.1 Å². The number of hydrogen-bond donors (Lipinski definition) is 0. The first-order valence-corrected chi connectivity index (χ1v) is 12.3. The van der Waals surface area contributed by atoms with Gasteiger partial charge in [-0.3, -0.25) is 4.79 Å². The molecule has 0 bridgehead atoms. The summed E-state index contributed by atoms with van der Waals surface area (Å²) in [6.07, 6.45) is 8.42. The molecule has 1 atom stereocenters. The number of thiophene rings is 1. The van der Waals surface area contributed by atoms with Gasteiger partial charge in [0.15, 0.2) is 0 Å². The van der Waals surface area contributed by atoms with Crippen LogP contribution in [0.25, 0.3) is 10.2 Å². The second kappa shape index (κ2) is 8.99. The van der Waals surface area contributed by atoms with Crippen LogP contribution in [0, 0.1) is 5.92 Å². The lowest BCUT2D eigenvalue weighted by atomic mass is 9.89. The number of carbonyl (C=O) groups is 1. The number of anilines is 1. The highest BCUT2D eigenvalue weighted by atomic mass is 32.1. The second-order valence-corrected chi connectivity index (χ2v) is 9.80. The molecule has 1 saturated heterocycles. The van der Waals surface area contributed by atoms with Crippen molar-refractivity contribution in [3.63, 3.8) is 0 Å². The van der Waals surface area contributed by atoms with Crippen molar-refractivity contribution in [3.8, 4) is 0 Å². The number of aryl methyl sites for hydroxylation is 2. The number of nitrogens with zero attached hydrogens (tertiary/aromatic N) is 4. The molecule has 2 aliphatic rings. The van der Waals surface area contributed by atoms with E-state index in [4.69, 9.17) is 9.97 Å². The summed E-state index contributed by atoms with van der Waals surface area (Å²) in [5.74, 6) is 3.19. The van der Waals surface area contributed by atoms with Crippen LogP contribution < -0.4 is 4.90 Å². The molecule has 0 N–H and O–H groups in total. The Hall–Kier alpha value is -1.69. The fourth-order valence-electron chi connectivity index (χ4n) is 4.58. The van der Waals surface area contributed by atoms with Gasteiger partial charge >= 0.3 is 0 Å². The molecular weight excluding hydrogens is 380 g/mol. The molecule has 2 aromatic heterocycles. The van der Waals surface area contributed by atoms with Crippen LogP contribution in [-0.4, -0.2) is 47.0 Å². The Balaban J connectivity index is 1.66. The summed E-state index contributed by atoms with van der Waals surface area (Å²) in [6.45, 7) is 10.0. The fraction of sp³-hybridized carbons (Fsp3) is 0.696. The molecule has 0 spiro atoms. The van der Waals surface area contributed by atoms with E-state index in [0.29, 0.717) is 12.3 Å². The minimum Gasteiger partial charge on any atom is -0.352 e. The summed E-state index contributed by atoms with van der Waals surface area (Å²) in [5.41, 5.74) is 1.50. The molecule has 1 fully saturated rings. The SMILES string of the molecule is CCCCc1nc(N2CCN(C(=O)CCC)CC2)c2c3c(sc2n1)C[C@H](C)CC3. The highest BCUT2D eigenvalue weighted by Crippen LogP contribution is 2.41.